The monoisotopic (exact) mass is 718 g/mol. The lowest BCUT2D eigenvalue weighted by atomic mass is 9.94. The number of carboxylic acid groups (broad SMARTS) is 4. The van der Waals surface area contributed by atoms with Crippen molar-refractivity contribution in [2.75, 3.05) is 0 Å². The summed E-state index contributed by atoms with van der Waals surface area (Å²) in [7, 11) is 0. The molecule has 0 saturated heterocycles. The lowest BCUT2D eigenvalue weighted by Gasteiger charge is -2.29. The van der Waals surface area contributed by atoms with Gasteiger partial charge in [0.05, 0.1) is 44.9 Å². The van der Waals surface area contributed by atoms with Gasteiger partial charge in [0, 0.05) is 0 Å². The molecule has 2 aromatic carbocycles. The molecule has 2 aromatic rings. The Balaban J connectivity index is 2.17. The Bertz CT molecular complexity index is 1670. The fraction of sp³-hybridized carbons (Fsp3) is 0.312. The van der Waals surface area contributed by atoms with Crippen LogP contribution in [-0.4, -0.2) is 103 Å². The van der Waals surface area contributed by atoms with Crippen molar-refractivity contribution in [3.8, 4) is 0 Å². The van der Waals surface area contributed by atoms with E-state index in [0.29, 0.717) is 11.1 Å². The lowest BCUT2D eigenvalue weighted by molar-refractivity contribution is -0.196. The van der Waals surface area contributed by atoms with Crippen molar-refractivity contribution in [1.82, 2.24) is 0 Å². The maximum absolute atomic E-state index is 12.7. The van der Waals surface area contributed by atoms with Gasteiger partial charge < -0.3 is 44.5 Å². The molecule has 0 aromatic heterocycles. The summed E-state index contributed by atoms with van der Waals surface area (Å²) in [4.78, 5) is 122. The number of aliphatic hydroxyl groups is 1. The molecule has 3 atom stereocenters. The first kappa shape index (κ1) is 40.7. The molecule has 0 amide bonds. The zero-order valence-corrected chi connectivity index (χ0v) is 26.3. The third-order valence-electron chi connectivity index (χ3n) is 6.59. The van der Waals surface area contributed by atoms with E-state index < -0.39 is 122 Å². The molecule has 19 heteroatoms. The molecule has 0 bridgehead atoms. The summed E-state index contributed by atoms with van der Waals surface area (Å²) < 4.78 is 18.4. The Morgan fingerprint density at radius 2 is 0.882 bits per heavy atom. The molecule has 0 aliphatic carbocycles. The van der Waals surface area contributed by atoms with Crippen molar-refractivity contribution < 1.29 is 92.4 Å². The van der Waals surface area contributed by atoms with E-state index in [9.17, 15) is 73.5 Å². The van der Waals surface area contributed by atoms with Crippen LogP contribution in [0.5, 0.6) is 0 Å². The van der Waals surface area contributed by atoms with E-state index in [1.54, 1.807) is 36.4 Å². The van der Waals surface area contributed by atoms with Crippen molar-refractivity contribution in [2.24, 2.45) is 0 Å². The zero-order chi connectivity index (χ0) is 38.4. The highest BCUT2D eigenvalue weighted by Crippen LogP contribution is 2.27. The maximum atomic E-state index is 12.7. The third kappa shape index (κ3) is 13.1. The summed E-state index contributed by atoms with van der Waals surface area (Å²) in [5.41, 5.74) is -5.81. The summed E-state index contributed by atoms with van der Waals surface area (Å²) in [6.07, 6.45) is -11.6. The van der Waals surface area contributed by atoms with E-state index in [1.165, 1.54) is 24.3 Å². The second-order valence-electron chi connectivity index (χ2n) is 10.7. The number of ether oxygens (including phenoxy) is 4. The van der Waals surface area contributed by atoms with E-state index in [-0.39, 0.29) is 0 Å². The van der Waals surface area contributed by atoms with Crippen LogP contribution >= 0.6 is 0 Å². The SMILES string of the molecule is O=C(O)CC(CC(=O)OC(=O)Cc1ccccc1)(OC(=O)CC(O)C(=O)OC(CC(=O)O)(CC(=O)OC(=O)Cc1ccccc1)C(=O)O)C(=O)O. The molecule has 2 rings (SSSR count). The van der Waals surface area contributed by atoms with Gasteiger partial charge in [-0.25, -0.2) is 14.4 Å². The maximum Gasteiger partial charge on any atom is 0.349 e. The smallest absolute Gasteiger partial charge is 0.349 e. The Labute approximate surface area is 286 Å². The Morgan fingerprint density at radius 3 is 1.24 bits per heavy atom. The standard InChI is InChI=1S/C32H30O19/c33-20(28(43)51-32(30(46)47,15-22(36)37)17-27(42)49-24(39)12-19-9-5-2-6-10-19)13-25(40)50-31(29(44)45,14-21(34)35)16-26(41)48-23(38)11-18-7-3-1-4-8-18/h1-10,20,33H,11-17H2,(H,34,35)(H,36,37)(H,44,45)(H,46,47). The van der Waals surface area contributed by atoms with E-state index in [1.807, 2.05) is 0 Å². The zero-order valence-electron chi connectivity index (χ0n) is 26.3. The van der Waals surface area contributed by atoms with Crippen molar-refractivity contribution in [2.45, 2.75) is 62.3 Å². The van der Waals surface area contributed by atoms with Gasteiger partial charge in [0.15, 0.2) is 6.10 Å². The van der Waals surface area contributed by atoms with Gasteiger partial charge in [0.25, 0.3) is 0 Å². The molecule has 0 spiro atoms. The van der Waals surface area contributed by atoms with Gasteiger partial charge in [-0.2, -0.15) is 0 Å². The van der Waals surface area contributed by atoms with Crippen LogP contribution < -0.4 is 0 Å². The second-order valence-corrected chi connectivity index (χ2v) is 10.7. The molecule has 0 aliphatic heterocycles. The molecular formula is C32H30O19. The van der Waals surface area contributed by atoms with Crippen LogP contribution in [0.3, 0.4) is 0 Å². The average Bonchev–Trinajstić information content (AvgIpc) is 3.00. The van der Waals surface area contributed by atoms with Gasteiger partial charge in [-0.15, -0.1) is 0 Å². The second kappa shape index (κ2) is 18.3. The van der Waals surface area contributed by atoms with Crippen LogP contribution in [-0.2, 0) is 79.7 Å². The lowest BCUT2D eigenvalue weighted by Crippen LogP contribution is -2.50. The molecule has 5 N–H and O–H groups in total. The van der Waals surface area contributed by atoms with Crippen LogP contribution in [0.2, 0.25) is 0 Å². The first-order chi connectivity index (χ1) is 23.9. The molecule has 272 valence electrons. The minimum Gasteiger partial charge on any atom is -0.481 e. The van der Waals surface area contributed by atoms with Crippen molar-refractivity contribution in [3.05, 3.63) is 71.8 Å². The summed E-state index contributed by atoms with van der Waals surface area (Å²) in [5.74, 6) is -18.0. The number of hydrogen-bond donors (Lipinski definition) is 5. The highest BCUT2D eigenvalue weighted by atomic mass is 16.6. The number of hydrogen-bond acceptors (Lipinski definition) is 15. The van der Waals surface area contributed by atoms with Crippen LogP contribution in [0.1, 0.15) is 43.2 Å². The van der Waals surface area contributed by atoms with E-state index in [4.69, 9.17) is 0 Å². The highest BCUT2D eigenvalue weighted by Gasteiger charge is 2.50. The average molecular weight is 719 g/mol. The predicted molar refractivity (Wildman–Crippen MR) is 160 cm³/mol. The fourth-order valence-electron chi connectivity index (χ4n) is 4.30. The Kier molecular flexibility index (Phi) is 14.6. The largest absolute Gasteiger partial charge is 0.481 e. The summed E-state index contributed by atoms with van der Waals surface area (Å²) in [6.45, 7) is 0. The normalized spacial score (nSPS) is 13.5. The molecule has 0 saturated carbocycles. The van der Waals surface area contributed by atoms with E-state index >= 15 is 0 Å². The molecule has 51 heavy (non-hydrogen) atoms. The molecule has 0 fully saturated rings. The Hall–Kier alpha value is -6.50. The first-order valence-corrected chi connectivity index (χ1v) is 14.4. The molecule has 0 aliphatic rings. The molecule has 3 unspecified atom stereocenters. The van der Waals surface area contributed by atoms with Crippen molar-refractivity contribution >= 4 is 59.7 Å². The summed E-state index contributed by atoms with van der Waals surface area (Å²) in [6, 6.07) is 15.5. The van der Waals surface area contributed by atoms with Crippen LogP contribution in [0.25, 0.3) is 0 Å². The van der Waals surface area contributed by atoms with Crippen molar-refractivity contribution in [1.29, 1.82) is 0 Å². The van der Waals surface area contributed by atoms with Gasteiger partial charge in [0.2, 0.25) is 11.2 Å². The van der Waals surface area contributed by atoms with Crippen LogP contribution in [0.15, 0.2) is 60.7 Å². The highest BCUT2D eigenvalue weighted by molar-refractivity contribution is 5.96. The molecule has 0 heterocycles. The molecule has 19 nitrogen and oxygen atoms in total. The number of carbonyl (C=O) groups excluding carboxylic acids is 6. The first-order valence-electron chi connectivity index (χ1n) is 14.4. The number of esters is 6. The molecule has 0 radical (unpaired) electrons. The minimum atomic E-state index is -3.32. The van der Waals surface area contributed by atoms with Gasteiger partial charge in [-0.1, -0.05) is 60.7 Å². The van der Waals surface area contributed by atoms with Gasteiger partial charge in [-0.3, -0.25) is 33.6 Å². The number of rotatable bonds is 19. The number of aliphatic hydroxyl groups excluding tert-OH is 1. The quantitative estimate of drug-likeness (QED) is 0.0715. The predicted octanol–water partition coefficient (Wildman–Crippen LogP) is -0.175. The number of aliphatic carboxylic acids is 4. The summed E-state index contributed by atoms with van der Waals surface area (Å²) in [5, 5.41) is 48.3. The van der Waals surface area contributed by atoms with E-state index in [0.717, 1.165) is 0 Å². The van der Waals surface area contributed by atoms with Crippen molar-refractivity contribution in [3.63, 3.8) is 0 Å². The fourth-order valence-corrected chi connectivity index (χ4v) is 4.30. The summed E-state index contributed by atoms with van der Waals surface area (Å²) >= 11 is 0. The van der Waals surface area contributed by atoms with Crippen LogP contribution in [0, 0.1) is 0 Å². The third-order valence-corrected chi connectivity index (χ3v) is 6.59. The number of carbonyl (C=O) groups is 10. The molecular weight excluding hydrogens is 688 g/mol. The Morgan fingerprint density at radius 1 is 0.510 bits per heavy atom. The topological polar surface area (TPSA) is 309 Å². The van der Waals surface area contributed by atoms with Gasteiger partial charge in [0.1, 0.15) is 0 Å². The number of benzene rings is 2. The van der Waals surface area contributed by atoms with Gasteiger partial charge in [-0.05, 0) is 11.1 Å². The van der Waals surface area contributed by atoms with Crippen LogP contribution in [0.4, 0.5) is 0 Å². The van der Waals surface area contributed by atoms with E-state index in [2.05, 4.69) is 18.9 Å². The minimum absolute atomic E-state index is 0.385. The number of carboxylic acids is 4. The van der Waals surface area contributed by atoms with Gasteiger partial charge >= 0.3 is 59.7 Å².